The fourth-order valence-corrected chi connectivity index (χ4v) is 7.31. The van der Waals surface area contributed by atoms with Crippen LogP contribution in [-0.4, -0.2) is 79.1 Å². The summed E-state index contributed by atoms with van der Waals surface area (Å²) in [5.74, 6) is 1.41. The van der Waals surface area contributed by atoms with Gasteiger partial charge in [-0.2, -0.15) is 0 Å². The van der Waals surface area contributed by atoms with Crippen molar-refractivity contribution in [2.24, 2.45) is 11.3 Å². The van der Waals surface area contributed by atoms with Crippen LogP contribution >= 0.6 is 11.6 Å². The van der Waals surface area contributed by atoms with Gasteiger partial charge < -0.3 is 14.5 Å². The molecule has 2 saturated heterocycles. The molecule has 4 fully saturated rings. The van der Waals surface area contributed by atoms with E-state index < -0.39 is 0 Å². The van der Waals surface area contributed by atoms with E-state index in [9.17, 15) is 9.59 Å². The van der Waals surface area contributed by atoms with E-state index in [1.54, 1.807) is 0 Å². The molecular weight excluding hydrogens is 498 g/mol. The van der Waals surface area contributed by atoms with Crippen LogP contribution in [0.1, 0.15) is 89.5 Å². The molecule has 2 aliphatic heterocycles. The molecule has 5 rings (SSSR count). The van der Waals surface area contributed by atoms with Gasteiger partial charge in [-0.05, 0) is 108 Å². The van der Waals surface area contributed by atoms with Crippen LogP contribution in [0.3, 0.4) is 0 Å². The number of rotatable bonds is 6. The maximum absolute atomic E-state index is 12.2. The second-order valence-corrected chi connectivity index (χ2v) is 13.4. The molecule has 212 valence electrons. The number of piperidine rings is 1. The number of halogens is 1. The van der Waals surface area contributed by atoms with Gasteiger partial charge in [-0.1, -0.05) is 43.0 Å². The van der Waals surface area contributed by atoms with Gasteiger partial charge in [-0.3, -0.25) is 9.69 Å². The molecule has 2 aliphatic carbocycles. The molecule has 2 heterocycles. The topological polar surface area (TPSA) is 53.1 Å². The van der Waals surface area contributed by atoms with Crippen molar-refractivity contribution in [1.82, 2.24) is 14.7 Å². The van der Waals surface area contributed by atoms with Crippen LogP contribution in [0.15, 0.2) is 24.3 Å². The first kappa shape index (κ1) is 29.2. The average Bonchev–Trinajstić information content (AvgIpc) is 3.52. The lowest BCUT2D eigenvalue weighted by molar-refractivity contribution is -0.121. The van der Waals surface area contributed by atoms with Gasteiger partial charge in [-0.25, -0.2) is 4.79 Å². The Morgan fingerprint density at radius 3 is 2.21 bits per heavy atom. The number of carbonyl (C=O) groups is 2. The Kier molecular flexibility index (Phi) is 9.67. The Hall–Kier alpha value is -1.79. The van der Waals surface area contributed by atoms with Crippen molar-refractivity contribution in [3.63, 3.8) is 0 Å². The first-order valence-electron chi connectivity index (χ1n) is 14.7. The van der Waals surface area contributed by atoms with E-state index in [4.69, 9.17) is 16.3 Å². The minimum Gasteiger partial charge on any atom is -0.447 e. The molecule has 2 saturated carbocycles. The molecule has 4 aliphatic rings. The Morgan fingerprint density at radius 2 is 1.68 bits per heavy atom. The smallest absolute Gasteiger partial charge is 0.410 e. The van der Waals surface area contributed by atoms with Crippen molar-refractivity contribution in [1.29, 1.82) is 0 Å². The number of cyclic esters (lactones) is 1. The normalized spacial score (nSPS) is 27.2. The van der Waals surface area contributed by atoms with E-state index in [1.807, 2.05) is 21.9 Å². The van der Waals surface area contributed by atoms with E-state index in [2.05, 4.69) is 45.0 Å². The maximum Gasteiger partial charge on any atom is 0.410 e. The number of likely N-dealkylation sites (tertiary alicyclic amines) is 1. The average molecular weight is 546 g/mol. The van der Waals surface area contributed by atoms with Crippen molar-refractivity contribution in [2.45, 2.75) is 95.6 Å². The summed E-state index contributed by atoms with van der Waals surface area (Å²) in [7, 11) is 4.35. The van der Waals surface area contributed by atoms with Crippen LogP contribution in [0.2, 0.25) is 5.02 Å². The van der Waals surface area contributed by atoms with Crippen LogP contribution in [0.25, 0.3) is 0 Å². The third kappa shape index (κ3) is 6.85. The highest BCUT2D eigenvalue weighted by molar-refractivity contribution is 6.30. The number of carbonyl (C=O) groups excluding carboxylic acids is 2. The zero-order valence-corrected chi connectivity index (χ0v) is 24.7. The molecule has 2 atom stereocenters. The number of benzene rings is 1. The van der Waals surface area contributed by atoms with Crippen molar-refractivity contribution in [3.8, 4) is 0 Å². The SMILES string of the molecule is CC1(C)COC(=O)N1CC1(C2CCCCC2)CCN(C=O)CC1.CN(C)[C@@H]1CC[C@H](c2ccc(Cl)cc2)C1. The molecule has 1 aromatic rings. The van der Waals surface area contributed by atoms with Gasteiger partial charge in [-0.15, -0.1) is 0 Å². The predicted molar refractivity (Wildman–Crippen MR) is 154 cm³/mol. The Morgan fingerprint density at radius 1 is 1.03 bits per heavy atom. The molecule has 0 bridgehead atoms. The van der Waals surface area contributed by atoms with Crippen LogP contribution in [0.4, 0.5) is 4.79 Å². The minimum absolute atomic E-state index is 0.153. The van der Waals surface area contributed by atoms with Gasteiger partial charge in [0.2, 0.25) is 6.41 Å². The molecule has 0 unspecified atom stereocenters. The van der Waals surface area contributed by atoms with Crippen LogP contribution in [0, 0.1) is 11.3 Å². The number of amides is 2. The molecule has 6 nitrogen and oxygen atoms in total. The lowest BCUT2D eigenvalue weighted by atomic mass is 9.63. The number of hydrogen-bond donors (Lipinski definition) is 0. The van der Waals surface area contributed by atoms with E-state index in [1.165, 1.54) is 56.9 Å². The van der Waals surface area contributed by atoms with E-state index in [0.717, 1.165) is 55.9 Å². The first-order valence-corrected chi connectivity index (χ1v) is 15.1. The summed E-state index contributed by atoms with van der Waals surface area (Å²) in [6, 6.07) is 9.10. The van der Waals surface area contributed by atoms with Crippen molar-refractivity contribution >= 4 is 24.1 Å². The molecule has 2 amide bonds. The molecule has 0 N–H and O–H groups in total. The van der Waals surface area contributed by atoms with E-state index in [-0.39, 0.29) is 17.0 Å². The van der Waals surface area contributed by atoms with Crippen LogP contribution in [-0.2, 0) is 9.53 Å². The highest BCUT2D eigenvalue weighted by Crippen LogP contribution is 2.47. The zero-order chi connectivity index (χ0) is 27.3. The molecule has 38 heavy (non-hydrogen) atoms. The molecule has 1 aromatic carbocycles. The Labute approximate surface area is 235 Å². The second-order valence-electron chi connectivity index (χ2n) is 13.0. The molecule has 0 aromatic heterocycles. The standard InChI is InChI=1S/C18H30N2O3.C13H18ClN/c1-17(2)13-23-16(22)20(17)12-18(15-6-4-3-5-7-15)8-10-19(14-21)11-9-18;1-15(2)13-8-5-11(9-13)10-3-6-12(14)7-4-10/h14-15H,3-13H2,1-2H3;3-4,6-7,11,13H,5,8-9H2,1-2H3/t;11-,13+/m.0/s1. The summed E-state index contributed by atoms with van der Waals surface area (Å²) in [6.45, 7) is 7.09. The molecule has 7 heteroatoms. The predicted octanol–water partition coefficient (Wildman–Crippen LogP) is 6.57. The van der Waals surface area contributed by atoms with Gasteiger partial charge in [0.05, 0.1) is 5.54 Å². The van der Waals surface area contributed by atoms with Crippen LogP contribution < -0.4 is 0 Å². The highest BCUT2D eigenvalue weighted by atomic mass is 35.5. The Bertz CT molecular complexity index is 921. The van der Waals surface area contributed by atoms with E-state index in [0.29, 0.717) is 12.5 Å². The monoisotopic (exact) mass is 545 g/mol. The van der Waals surface area contributed by atoms with Gasteiger partial charge in [0.15, 0.2) is 0 Å². The summed E-state index contributed by atoms with van der Waals surface area (Å²) in [6.07, 6.45) is 13.2. The second kappa shape index (κ2) is 12.6. The Balaban J connectivity index is 0.000000194. The lowest BCUT2D eigenvalue weighted by Gasteiger charge is -2.50. The minimum atomic E-state index is -0.222. The number of ether oxygens (including phenoxy) is 1. The fourth-order valence-electron chi connectivity index (χ4n) is 7.18. The zero-order valence-electron chi connectivity index (χ0n) is 24.0. The van der Waals surface area contributed by atoms with Gasteiger partial charge in [0.25, 0.3) is 0 Å². The quantitative estimate of drug-likeness (QED) is 0.379. The summed E-state index contributed by atoms with van der Waals surface area (Å²) in [4.78, 5) is 29.5. The maximum atomic E-state index is 12.2. The molecule has 0 radical (unpaired) electrons. The van der Waals surface area contributed by atoms with Gasteiger partial charge in [0, 0.05) is 30.7 Å². The van der Waals surface area contributed by atoms with Gasteiger partial charge in [0.1, 0.15) is 6.61 Å². The third-order valence-corrected chi connectivity index (χ3v) is 10.1. The fraction of sp³-hybridized carbons (Fsp3) is 0.742. The van der Waals surface area contributed by atoms with Crippen LogP contribution in [0.5, 0.6) is 0 Å². The summed E-state index contributed by atoms with van der Waals surface area (Å²) < 4.78 is 5.32. The van der Waals surface area contributed by atoms with E-state index >= 15 is 0 Å². The summed E-state index contributed by atoms with van der Waals surface area (Å²) >= 11 is 5.89. The highest BCUT2D eigenvalue weighted by Gasteiger charge is 2.48. The number of hydrogen-bond acceptors (Lipinski definition) is 4. The summed E-state index contributed by atoms with van der Waals surface area (Å²) in [5.41, 5.74) is 1.38. The number of nitrogens with zero attached hydrogens (tertiary/aromatic N) is 3. The third-order valence-electron chi connectivity index (χ3n) is 9.86. The molecule has 0 spiro atoms. The van der Waals surface area contributed by atoms with Gasteiger partial charge >= 0.3 is 6.09 Å². The first-order chi connectivity index (χ1) is 18.1. The van der Waals surface area contributed by atoms with Crippen molar-refractivity contribution in [2.75, 3.05) is 40.3 Å². The van der Waals surface area contributed by atoms with Crippen molar-refractivity contribution < 1.29 is 14.3 Å². The largest absolute Gasteiger partial charge is 0.447 e. The lowest BCUT2D eigenvalue weighted by Crippen LogP contribution is -2.54. The molecular formula is C31H48ClN3O3. The summed E-state index contributed by atoms with van der Waals surface area (Å²) in [5, 5.41) is 0.834. The van der Waals surface area contributed by atoms with Crippen molar-refractivity contribution in [3.05, 3.63) is 34.9 Å².